The number of rotatable bonds is 5. The molecule has 6 heteroatoms. The van der Waals surface area contributed by atoms with Crippen LogP contribution in [0.15, 0.2) is 30.2 Å². The van der Waals surface area contributed by atoms with Crippen LogP contribution in [-0.2, 0) is 9.47 Å². The van der Waals surface area contributed by atoms with E-state index in [1.54, 1.807) is 45.1 Å². The minimum atomic E-state index is -0.583. The number of carbonyl (C=O) groups excluding carboxylic acids is 2. The Labute approximate surface area is 140 Å². The number of hydrogen-bond acceptors (Lipinski definition) is 5. The van der Waals surface area contributed by atoms with Gasteiger partial charge in [0.05, 0.1) is 12.7 Å². The van der Waals surface area contributed by atoms with Gasteiger partial charge in [0, 0.05) is 4.90 Å². The van der Waals surface area contributed by atoms with Gasteiger partial charge in [-0.25, -0.2) is 9.59 Å². The van der Waals surface area contributed by atoms with E-state index in [0.29, 0.717) is 16.0 Å². The molecule has 0 atom stereocenters. The summed E-state index contributed by atoms with van der Waals surface area (Å²) in [5, 5.41) is 0. The second-order valence-electron chi connectivity index (χ2n) is 5.58. The predicted octanol–water partition coefficient (Wildman–Crippen LogP) is 4.29. The van der Waals surface area contributed by atoms with E-state index in [1.807, 2.05) is 0 Å². The quantitative estimate of drug-likeness (QED) is 0.642. The molecule has 1 aromatic carbocycles. The van der Waals surface area contributed by atoms with Crippen LogP contribution in [0.4, 0.5) is 4.79 Å². The summed E-state index contributed by atoms with van der Waals surface area (Å²) in [4.78, 5) is 24.3. The van der Waals surface area contributed by atoms with Gasteiger partial charge in [0.2, 0.25) is 0 Å². The molecule has 0 aliphatic heterocycles. The molecule has 1 rings (SSSR count). The predicted molar refractivity (Wildman–Crippen MR) is 93.2 cm³/mol. The summed E-state index contributed by atoms with van der Waals surface area (Å²) < 4.78 is 12.5. The number of methoxy groups -OCH3 is 1. The maximum atomic E-state index is 11.9. The highest BCUT2D eigenvalue weighted by atomic mass is 32.2. The summed E-state index contributed by atoms with van der Waals surface area (Å²) in [6, 6.07) is 3.41. The average molecular weight is 335 g/mol. The fourth-order valence-corrected chi connectivity index (χ4v) is 2.39. The zero-order valence-corrected chi connectivity index (χ0v) is 14.6. The van der Waals surface area contributed by atoms with Crippen molar-refractivity contribution in [1.82, 2.24) is 4.72 Å². The van der Waals surface area contributed by atoms with E-state index in [0.717, 1.165) is 17.5 Å². The minimum absolute atomic E-state index is 0.355. The molecule has 0 aliphatic carbocycles. The Morgan fingerprint density at radius 3 is 2.35 bits per heavy atom. The first-order valence-corrected chi connectivity index (χ1v) is 7.70. The summed E-state index contributed by atoms with van der Waals surface area (Å²) in [5.41, 5.74) is 1.12. The molecule has 0 saturated carbocycles. The highest BCUT2D eigenvalue weighted by molar-refractivity contribution is 7.98. The van der Waals surface area contributed by atoms with Crippen molar-refractivity contribution in [2.24, 2.45) is 0 Å². The van der Waals surface area contributed by atoms with E-state index in [4.69, 9.17) is 9.47 Å². The van der Waals surface area contributed by atoms with Gasteiger partial charge in [-0.3, -0.25) is 4.72 Å². The molecule has 0 aromatic heterocycles. The lowest BCUT2D eigenvalue weighted by Gasteiger charge is -2.19. The van der Waals surface area contributed by atoms with Crippen LogP contribution in [0.3, 0.4) is 0 Å². The van der Waals surface area contributed by atoms with Crippen molar-refractivity contribution in [3.8, 4) is 0 Å². The van der Waals surface area contributed by atoms with E-state index in [9.17, 15) is 9.59 Å². The van der Waals surface area contributed by atoms with E-state index in [2.05, 4.69) is 17.9 Å². The fourth-order valence-electron chi connectivity index (χ4n) is 1.78. The van der Waals surface area contributed by atoms with E-state index in [-0.39, 0.29) is 0 Å². The number of benzene rings is 1. The Balaban J connectivity index is 3.04. The van der Waals surface area contributed by atoms with Crippen LogP contribution in [0.1, 0.15) is 42.3 Å². The lowest BCUT2D eigenvalue weighted by Crippen LogP contribution is -2.29. The molecule has 23 heavy (non-hydrogen) atoms. The SMILES string of the molecule is C=Cc1cc(SNC(=O)OC(C)(C)C)cc(C(=O)OC)c1C=C. The third kappa shape index (κ3) is 5.49. The van der Waals surface area contributed by atoms with Crippen LogP contribution in [0.2, 0.25) is 0 Å². The third-order valence-corrected chi connectivity index (χ3v) is 3.41. The first kappa shape index (κ1) is 18.8. The maximum absolute atomic E-state index is 11.9. The Bertz CT molecular complexity index is 632. The Morgan fingerprint density at radius 2 is 1.87 bits per heavy atom. The normalized spacial score (nSPS) is 10.6. The summed E-state index contributed by atoms with van der Waals surface area (Å²) in [5.74, 6) is -0.484. The van der Waals surface area contributed by atoms with Gasteiger partial charge in [-0.2, -0.15) is 0 Å². The van der Waals surface area contributed by atoms with Crippen molar-refractivity contribution >= 4 is 36.2 Å². The molecular weight excluding hydrogens is 314 g/mol. The van der Waals surface area contributed by atoms with Crippen LogP contribution in [-0.4, -0.2) is 24.8 Å². The topological polar surface area (TPSA) is 64.6 Å². The Kier molecular flexibility index (Phi) is 6.45. The molecule has 0 fully saturated rings. The fraction of sp³-hybridized carbons (Fsp3) is 0.294. The molecule has 0 spiro atoms. The van der Waals surface area contributed by atoms with Gasteiger partial charge in [-0.05, 0) is 56.0 Å². The van der Waals surface area contributed by atoms with Crippen molar-refractivity contribution < 1.29 is 19.1 Å². The molecule has 0 bridgehead atoms. The lowest BCUT2D eigenvalue weighted by atomic mass is 10.0. The number of nitrogens with one attached hydrogen (secondary N) is 1. The number of hydrogen-bond donors (Lipinski definition) is 1. The van der Waals surface area contributed by atoms with Gasteiger partial charge in [0.25, 0.3) is 0 Å². The Morgan fingerprint density at radius 1 is 1.22 bits per heavy atom. The van der Waals surface area contributed by atoms with Crippen LogP contribution in [0.5, 0.6) is 0 Å². The second-order valence-corrected chi connectivity index (χ2v) is 6.46. The summed E-state index contributed by atoms with van der Waals surface area (Å²) in [6.45, 7) is 12.8. The highest BCUT2D eigenvalue weighted by Crippen LogP contribution is 2.26. The molecule has 1 N–H and O–H groups in total. The zero-order valence-electron chi connectivity index (χ0n) is 13.8. The molecular formula is C17H21NO4S. The van der Waals surface area contributed by atoms with Crippen molar-refractivity contribution in [2.75, 3.05) is 7.11 Å². The van der Waals surface area contributed by atoms with Crippen LogP contribution < -0.4 is 4.72 Å². The van der Waals surface area contributed by atoms with Gasteiger partial charge < -0.3 is 9.47 Å². The lowest BCUT2D eigenvalue weighted by molar-refractivity contribution is 0.0571. The molecule has 0 aliphatic rings. The molecule has 0 heterocycles. The summed E-state index contributed by atoms with van der Waals surface area (Å²) >= 11 is 1.05. The zero-order chi connectivity index (χ0) is 17.6. The monoisotopic (exact) mass is 335 g/mol. The van der Waals surface area contributed by atoms with Crippen molar-refractivity contribution in [1.29, 1.82) is 0 Å². The smallest absolute Gasteiger partial charge is 0.418 e. The second kappa shape index (κ2) is 7.87. The molecule has 5 nitrogen and oxygen atoms in total. The van der Waals surface area contributed by atoms with Gasteiger partial charge in [0.15, 0.2) is 0 Å². The van der Waals surface area contributed by atoms with E-state index >= 15 is 0 Å². The van der Waals surface area contributed by atoms with Gasteiger partial charge in [-0.15, -0.1) is 0 Å². The van der Waals surface area contributed by atoms with Crippen LogP contribution >= 0.6 is 11.9 Å². The number of carbonyl (C=O) groups is 2. The molecule has 1 amide bonds. The van der Waals surface area contributed by atoms with Gasteiger partial charge in [0.1, 0.15) is 5.60 Å². The third-order valence-electron chi connectivity index (χ3n) is 2.67. The molecule has 1 aromatic rings. The summed E-state index contributed by atoms with van der Waals surface area (Å²) in [7, 11) is 1.31. The highest BCUT2D eigenvalue weighted by Gasteiger charge is 2.18. The van der Waals surface area contributed by atoms with Crippen molar-refractivity contribution in [2.45, 2.75) is 31.3 Å². The maximum Gasteiger partial charge on any atom is 0.418 e. The first-order valence-electron chi connectivity index (χ1n) is 6.89. The number of ether oxygens (including phenoxy) is 2. The largest absolute Gasteiger partial charge is 0.465 e. The van der Waals surface area contributed by atoms with Gasteiger partial charge in [-0.1, -0.05) is 25.3 Å². The van der Waals surface area contributed by atoms with Crippen molar-refractivity contribution in [3.05, 3.63) is 42.0 Å². The van der Waals surface area contributed by atoms with E-state index < -0.39 is 17.7 Å². The summed E-state index contributed by atoms with van der Waals surface area (Å²) in [6.07, 6.45) is 2.62. The molecule has 0 unspecified atom stereocenters. The van der Waals surface area contributed by atoms with Crippen LogP contribution in [0, 0.1) is 0 Å². The standard InChI is InChI=1S/C17H21NO4S/c1-7-11-9-12(23-18-16(20)22-17(3,4)5)10-14(13(11)8-2)15(19)21-6/h7-10H,1-2H2,3-6H3,(H,18,20). The van der Waals surface area contributed by atoms with Gasteiger partial charge >= 0.3 is 12.1 Å². The van der Waals surface area contributed by atoms with Crippen LogP contribution in [0.25, 0.3) is 12.2 Å². The number of esters is 1. The molecule has 0 saturated heterocycles. The molecule has 0 radical (unpaired) electrons. The number of amides is 1. The average Bonchev–Trinajstić information content (AvgIpc) is 2.49. The van der Waals surface area contributed by atoms with E-state index in [1.165, 1.54) is 7.11 Å². The first-order chi connectivity index (χ1) is 10.7. The van der Waals surface area contributed by atoms with Crippen molar-refractivity contribution in [3.63, 3.8) is 0 Å². The Hall–Kier alpha value is -2.21. The minimum Gasteiger partial charge on any atom is -0.465 e. The molecule has 124 valence electrons.